The molecule has 3 aromatic rings. The molecule has 0 aliphatic heterocycles. The molecular formula is C25H26N2O2. The van der Waals surface area contributed by atoms with Crippen molar-refractivity contribution in [2.45, 2.75) is 18.9 Å². The average molecular weight is 386 g/mol. The topological polar surface area (TPSA) is 58.2 Å². The van der Waals surface area contributed by atoms with Crippen LogP contribution in [0.25, 0.3) is 0 Å². The molecule has 0 saturated heterocycles. The predicted molar refractivity (Wildman–Crippen MR) is 116 cm³/mol. The molecule has 0 radical (unpaired) electrons. The number of rotatable bonds is 10. The van der Waals surface area contributed by atoms with E-state index in [1.54, 1.807) is 12.1 Å². The Kier molecular flexibility index (Phi) is 7.72. The molecule has 0 aliphatic carbocycles. The third kappa shape index (κ3) is 6.70. The number of nitrogens with one attached hydrogen (secondary N) is 2. The number of ketones is 1. The minimum Gasteiger partial charge on any atom is -0.352 e. The molecular weight excluding hydrogens is 360 g/mol. The lowest BCUT2D eigenvalue weighted by atomic mass is 10.0. The second-order valence-electron chi connectivity index (χ2n) is 6.97. The number of hydrogen-bond acceptors (Lipinski definition) is 3. The van der Waals surface area contributed by atoms with Crippen molar-refractivity contribution >= 4 is 11.7 Å². The van der Waals surface area contributed by atoms with Crippen molar-refractivity contribution < 1.29 is 9.59 Å². The standard InChI is InChI=1S/C25H26N2O2/c28-24(21-12-6-2-7-13-21)19-27-23(18-20-10-4-1-5-11-20)16-17-26-25(29)22-14-8-3-9-15-22/h1-15,23,27H,16-19H2,(H,26,29)/t23-/m1/s1. The highest BCUT2D eigenvalue weighted by atomic mass is 16.1. The molecule has 3 aromatic carbocycles. The van der Waals surface area contributed by atoms with E-state index in [1.807, 2.05) is 66.7 Å². The average Bonchev–Trinajstić information content (AvgIpc) is 2.79. The van der Waals surface area contributed by atoms with Gasteiger partial charge in [-0.2, -0.15) is 0 Å². The molecule has 29 heavy (non-hydrogen) atoms. The lowest BCUT2D eigenvalue weighted by Crippen LogP contribution is -2.38. The van der Waals surface area contributed by atoms with Gasteiger partial charge in [0, 0.05) is 23.7 Å². The molecule has 0 aromatic heterocycles. The van der Waals surface area contributed by atoms with Crippen LogP contribution in [-0.4, -0.2) is 30.8 Å². The van der Waals surface area contributed by atoms with Crippen LogP contribution >= 0.6 is 0 Å². The first-order valence-corrected chi connectivity index (χ1v) is 9.91. The molecule has 3 rings (SSSR count). The first-order valence-electron chi connectivity index (χ1n) is 9.91. The van der Waals surface area contributed by atoms with Gasteiger partial charge in [-0.15, -0.1) is 0 Å². The van der Waals surface area contributed by atoms with Crippen LogP contribution in [0.4, 0.5) is 0 Å². The number of hydrogen-bond donors (Lipinski definition) is 2. The summed E-state index contributed by atoms with van der Waals surface area (Å²) < 4.78 is 0. The molecule has 4 heteroatoms. The van der Waals surface area contributed by atoms with E-state index in [0.29, 0.717) is 17.7 Å². The third-order valence-electron chi connectivity index (χ3n) is 4.79. The molecule has 0 saturated carbocycles. The Labute approximate surface area is 172 Å². The lowest BCUT2D eigenvalue weighted by molar-refractivity contribution is 0.0946. The SMILES string of the molecule is O=C(CN[C@H](CCNC(=O)c1ccccc1)Cc1ccccc1)c1ccccc1. The van der Waals surface area contributed by atoms with Crippen LogP contribution in [0.2, 0.25) is 0 Å². The van der Waals surface area contributed by atoms with Gasteiger partial charge in [-0.3, -0.25) is 9.59 Å². The fraction of sp³-hybridized carbons (Fsp3) is 0.200. The maximum absolute atomic E-state index is 12.4. The number of carbonyl (C=O) groups excluding carboxylic acids is 2. The van der Waals surface area contributed by atoms with Crippen molar-refractivity contribution in [1.82, 2.24) is 10.6 Å². The zero-order chi connectivity index (χ0) is 20.3. The van der Waals surface area contributed by atoms with E-state index in [-0.39, 0.29) is 24.3 Å². The van der Waals surface area contributed by atoms with Crippen molar-refractivity contribution in [2.24, 2.45) is 0 Å². The van der Waals surface area contributed by atoms with E-state index in [0.717, 1.165) is 12.8 Å². The Bertz CT molecular complexity index is 896. The molecule has 2 N–H and O–H groups in total. The minimum atomic E-state index is -0.0792. The van der Waals surface area contributed by atoms with Gasteiger partial charge in [0.15, 0.2) is 5.78 Å². The monoisotopic (exact) mass is 386 g/mol. The largest absolute Gasteiger partial charge is 0.352 e. The number of carbonyl (C=O) groups is 2. The van der Waals surface area contributed by atoms with Gasteiger partial charge in [0.2, 0.25) is 0 Å². The summed E-state index contributed by atoms with van der Waals surface area (Å²) in [6, 6.07) is 28.7. The Balaban J connectivity index is 1.55. The van der Waals surface area contributed by atoms with Crippen molar-refractivity contribution in [3.63, 3.8) is 0 Å². The lowest BCUT2D eigenvalue weighted by Gasteiger charge is -2.19. The molecule has 0 spiro atoms. The maximum atomic E-state index is 12.4. The summed E-state index contributed by atoms with van der Waals surface area (Å²) in [6.45, 7) is 0.811. The number of amides is 1. The second kappa shape index (κ2) is 10.9. The first-order chi connectivity index (χ1) is 14.2. The Morgan fingerprint density at radius 2 is 1.28 bits per heavy atom. The number of benzene rings is 3. The fourth-order valence-electron chi connectivity index (χ4n) is 3.19. The zero-order valence-corrected chi connectivity index (χ0v) is 16.4. The van der Waals surface area contributed by atoms with Gasteiger partial charge >= 0.3 is 0 Å². The van der Waals surface area contributed by atoms with Crippen LogP contribution in [0.3, 0.4) is 0 Å². The highest BCUT2D eigenvalue weighted by Crippen LogP contribution is 2.07. The molecule has 0 unspecified atom stereocenters. The van der Waals surface area contributed by atoms with E-state index in [9.17, 15) is 9.59 Å². The summed E-state index contributed by atoms with van der Waals surface area (Å²) >= 11 is 0. The molecule has 0 bridgehead atoms. The van der Waals surface area contributed by atoms with Gasteiger partial charge in [-0.1, -0.05) is 78.9 Å². The van der Waals surface area contributed by atoms with E-state index in [2.05, 4.69) is 22.8 Å². The van der Waals surface area contributed by atoms with Gasteiger partial charge < -0.3 is 10.6 Å². The van der Waals surface area contributed by atoms with Crippen molar-refractivity contribution in [1.29, 1.82) is 0 Å². The van der Waals surface area contributed by atoms with Gasteiger partial charge in [0.1, 0.15) is 0 Å². The predicted octanol–water partition coefficient (Wildman–Crippen LogP) is 3.89. The zero-order valence-electron chi connectivity index (χ0n) is 16.4. The summed E-state index contributed by atoms with van der Waals surface area (Å²) in [7, 11) is 0. The number of Topliss-reactive ketones (excluding diaryl/α,β-unsaturated/α-hetero) is 1. The Morgan fingerprint density at radius 1 is 0.724 bits per heavy atom. The molecule has 4 nitrogen and oxygen atoms in total. The molecule has 0 aliphatic rings. The highest BCUT2D eigenvalue weighted by Gasteiger charge is 2.13. The molecule has 0 fully saturated rings. The fourth-order valence-corrected chi connectivity index (χ4v) is 3.19. The second-order valence-corrected chi connectivity index (χ2v) is 6.97. The van der Waals surface area contributed by atoms with E-state index in [4.69, 9.17) is 0 Å². The van der Waals surface area contributed by atoms with Gasteiger partial charge in [0.25, 0.3) is 5.91 Å². The van der Waals surface area contributed by atoms with Crippen molar-refractivity contribution in [3.8, 4) is 0 Å². The van der Waals surface area contributed by atoms with E-state index >= 15 is 0 Å². The van der Waals surface area contributed by atoms with Gasteiger partial charge in [0.05, 0.1) is 6.54 Å². The smallest absolute Gasteiger partial charge is 0.251 e. The van der Waals surface area contributed by atoms with Crippen LogP contribution in [0.1, 0.15) is 32.7 Å². The van der Waals surface area contributed by atoms with Crippen LogP contribution in [0.5, 0.6) is 0 Å². The summed E-state index contributed by atoms with van der Waals surface area (Å²) in [5, 5.41) is 6.35. The minimum absolute atomic E-state index is 0.0667. The van der Waals surface area contributed by atoms with Gasteiger partial charge in [-0.05, 0) is 30.5 Å². The highest BCUT2D eigenvalue weighted by molar-refractivity contribution is 5.97. The maximum Gasteiger partial charge on any atom is 0.251 e. The third-order valence-corrected chi connectivity index (χ3v) is 4.79. The first kappa shape index (κ1) is 20.5. The molecule has 1 atom stereocenters. The van der Waals surface area contributed by atoms with Crippen LogP contribution < -0.4 is 10.6 Å². The summed E-state index contributed by atoms with van der Waals surface area (Å²) in [4.78, 5) is 24.7. The molecule has 1 amide bonds. The van der Waals surface area contributed by atoms with Crippen LogP contribution in [-0.2, 0) is 6.42 Å². The Hall–Kier alpha value is -3.24. The summed E-state index contributed by atoms with van der Waals surface area (Å²) in [6.07, 6.45) is 1.53. The summed E-state index contributed by atoms with van der Waals surface area (Å²) in [5.41, 5.74) is 2.56. The van der Waals surface area contributed by atoms with Crippen molar-refractivity contribution in [2.75, 3.05) is 13.1 Å². The normalized spacial score (nSPS) is 11.6. The van der Waals surface area contributed by atoms with E-state index < -0.39 is 0 Å². The van der Waals surface area contributed by atoms with E-state index in [1.165, 1.54) is 5.56 Å². The molecule has 148 valence electrons. The summed E-state index contributed by atoms with van der Waals surface area (Å²) in [5.74, 6) is -0.0126. The van der Waals surface area contributed by atoms with Crippen LogP contribution in [0, 0.1) is 0 Å². The van der Waals surface area contributed by atoms with Crippen LogP contribution in [0.15, 0.2) is 91.0 Å². The Morgan fingerprint density at radius 3 is 1.90 bits per heavy atom. The van der Waals surface area contributed by atoms with Gasteiger partial charge in [-0.25, -0.2) is 0 Å². The quantitative estimate of drug-likeness (QED) is 0.520. The molecule has 0 heterocycles. The van der Waals surface area contributed by atoms with Crippen molar-refractivity contribution in [3.05, 3.63) is 108 Å².